The second-order valence-corrected chi connectivity index (χ2v) is 11.4. The Morgan fingerprint density at radius 1 is 0.514 bits per heavy atom. The maximum absolute atomic E-state index is 5.65. The van der Waals surface area contributed by atoms with E-state index in [1.54, 1.807) is 0 Å². The van der Waals surface area contributed by atoms with E-state index >= 15 is 0 Å². The van der Waals surface area contributed by atoms with Crippen molar-refractivity contribution in [3.05, 3.63) is 151 Å². The second-order valence-electron chi connectivity index (χ2n) is 8.39. The summed E-state index contributed by atoms with van der Waals surface area (Å²) in [5, 5.41) is 3.67. The Morgan fingerprint density at radius 2 is 0.971 bits per heavy atom. The van der Waals surface area contributed by atoms with Crippen LogP contribution in [-0.4, -0.2) is 6.21 Å². The first-order valence-electron chi connectivity index (χ1n) is 11.7. The number of aryl methyl sites for hydroxylation is 1. The van der Waals surface area contributed by atoms with Gasteiger partial charge in [-0.15, -0.1) is 0 Å². The highest BCUT2D eigenvalue weighted by atomic mass is 31.2. The normalized spacial score (nSPS) is 11.5. The summed E-state index contributed by atoms with van der Waals surface area (Å²) in [7, 11) is -2.34. The standard InChI is InChI=1S/C32H27N2P/c1-26-21-23-28(24-22-26)33-25-27-13-11-12-20-32(27)34-35(29-14-5-2-6-15-29,30-16-7-3-8-17-30)31-18-9-4-10-19-31/h2-25H,1H3. The molecule has 5 rings (SSSR count). The zero-order chi connectivity index (χ0) is 23.9. The lowest BCUT2D eigenvalue weighted by atomic mass is 10.2. The number of hydrogen-bond acceptors (Lipinski definition) is 2. The summed E-state index contributed by atoms with van der Waals surface area (Å²) in [4.78, 5) is 4.75. The van der Waals surface area contributed by atoms with Crippen molar-refractivity contribution in [1.29, 1.82) is 0 Å². The fourth-order valence-corrected chi connectivity index (χ4v) is 7.73. The van der Waals surface area contributed by atoms with Gasteiger partial charge in [-0.05, 0) is 25.1 Å². The fraction of sp³-hybridized carbons (Fsp3) is 0.0312. The molecule has 0 saturated carbocycles. The van der Waals surface area contributed by atoms with Gasteiger partial charge in [0, 0.05) is 27.7 Å². The molecule has 5 aromatic rings. The van der Waals surface area contributed by atoms with E-state index in [9.17, 15) is 0 Å². The zero-order valence-electron chi connectivity index (χ0n) is 19.7. The minimum atomic E-state index is -2.34. The van der Waals surface area contributed by atoms with Crippen molar-refractivity contribution in [1.82, 2.24) is 0 Å². The van der Waals surface area contributed by atoms with Crippen LogP contribution in [-0.2, 0) is 0 Å². The van der Waals surface area contributed by atoms with Crippen molar-refractivity contribution >= 4 is 40.6 Å². The van der Waals surface area contributed by atoms with Gasteiger partial charge in [-0.25, -0.2) is 0 Å². The van der Waals surface area contributed by atoms with E-state index in [1.165, 1.54) is 21.5 Å². The molecule has 0 spiro atoms. The monoisotopic (exact) mass is 470 g/mol. The molecule has 0 heterocycles. The maximum Gasteiger partial charge on any atom is 0.0713 e. The van der Waals surface area contributed by atoms with Gasteiger partial charge >= 0.3 is 0 Å². The predicted octanol–water partition coefficient (Wildman–Crippen LogP) is 7.55. The van der Waals surface area contributed by atoms with E-state index in [4.69, 9.17) is 9.74 Å². The Hall–Kier alpha value is -4.00. The maximum atomic E-state index is 5.65. The van der Waals surface area contributed by atoms with Gasteiger partial charge in [-0.3, -0.25) is 9.74 Å². The number of benzene rings is 5. The largest absolute Gasteiger partial charge is 0.256 e. The summed E-state index contributed by atoms with van der Waals surface area (Å²) in [6.07, 6.45) is 1.93. The first-order chi connectivity index (χ1) is 17.3. The average molecular weight is 471 g/mol. The van der Waals surface area contributed by atoms with E-state index in [0.29, 0.717) is 0 Å². The summed E-state index contributed by atoms with van der Waals surface area (Å²) in [6.45, 7) is 2.09. The number of aliphatic imine (C=N–C) groups is 1. The average Bonchev–Trinajstić information content (AvgIpc) is 2.93. The highest BCUT2D eigenvalue weighted by Crippen LogP contribution is 2.49. The van der Waals surface area contributed by atoms with Gasteiger partial charge in [-0.1, -0.05) is 127 Å². The van der Waals surface area contributed by atoms with Gasteiger partial charge in [0.2, 0.25) is 0 Å². The van der Waals surface area contributed by atoms with Crippen LogP contribution >= 0.6 is 7.05 Å². The van der Waals surface area contributed by atoms with Crippen molar-refractivity contribution < 1.29 is 0 Å². The van der Waals surface area contributed by atoms with Gasteiger partial charge in [0.15, 0.2) is 0 Å². The molecule has 5 aromatic carbocycles. The fourth-order valence-electron chi connectivity index (χ4n) is 4.18. The summed E-state index contributed by atoms with van der Waals surface area (Å²) < 4.78 is 5.65. The molecule has 2 nitrogen and oxygen atoms in total. The number of rotatable bonds is 6. The van der Waals surface area contributed by atoms with Crippen LogP contribution in [0.15, 0.2) is 149 Å². The summed E-state index contributed by atoms with van der Waals surface area (Å²) in [5.41, 5.74) is 4.09. The van der Waals surface area contributed by atoms with E-state index in [2.05, 4.69) is 128 Å². The third-order valence-electron chi connectivity index (χ3n) is 5.97. The van der Waals surface area contributed by atoms with Gasteiger partial charge < -0.3 is 0 Å². The highest BCUT2D eigenvalue weighted by Gasteiger charge is 2.27. The van der Waals surface area contributed by atoms with Crippen LogP contribution < -0.4 is 15.9 Å². The molecule has 0 unspecified atom stereocenters. The van der Waals surface area contributed by atoms with E-state index < -0.39 is 7.05 Å². The topological polar surface area (TPSA) is 24.7 Å². The zero-order valence-corrected chi connectivity index (χ0v) is 20.6. The molecular weight excluding hydrogens is 443 g/mol. The third kappa shape index (κ3) is 4.94. The van der Waals surface area contributed by atoms with Crippen LogP contribution in [0.5, 0.6) is 0 Å². The number of hydrogen-bond donors (Lipinski definition) is 0. The third-order valence-corrected chi connectivity index (χ3v) is 9.62. The molecule has 0 atom stereocenters. The molecule has 0 aliphatic heterocycles. The molecule has 3 heteroatoms. The Balaban J connectivity index is 1.77. The second kappa shape index (κ2) is 10.5. The molecular formula is C32H27N2P. The Morgan fingerprint density at radius 3 is 1.49 bits per heavy atom. The molecule has 0 fully saturated rings. The predicted molar refractivity (Wildman–Crippen MR) is 152 cm³/mol. The Bertz CT molecular complexity index is 1370. The quantitative estimate of drug-likeness (QED) is 0.181. The lowest BCUT2D eigenvalue weighted by Gasteiger charge is -2.27. The smallest absolute Gasteiger partial charge is 0.0713 e. The summed E-state index contributed by atoms with van der Waals surface area (Å²) in [6, 6.07) is 48.6. The first-order valence-corrected chi connectivity index (χ1v) is 13.5. The first kappa shape index (κ1) is 22.8. The highest BCUT2D eigenvalue weighted by molar-refractivity contribution is 7.87. The molecule has 0 aromatic heterocycles. The molecule has 0 bridgehead atoms. The minimum Gasteiger partial charge on any atom is -0.256 e. The van der Waals surface area contributed by atoms with E-state index in [-0.39, 0.29) is 0 Å². The van der Waals surface area contributed by atoms with E-state index in [1.807, 2.05) is 24.4 Å². The van der Waals surface area contributed by atoms with Crippen LogP contribution in [0.2, 0.25) is 0 Å². The Labute approximate surface area is 207 Å². The van der Waals surface area contributed by atoms with Crippen LogP contribution in [0.1, 0.15) is 11.1 Å². The van der Waals surface area contributed by atoms with Gasteiger partial charge in [0.05, 0.1) is 18.4 Å². The summed E-state index contributed by atoms with van der Waals surface area (Å²) >= 11 is 0. The van der Waals surface area contributed by atoms with Gasteiger partial charge in [-0.2, -0.15) is 0 Å². The van der Waals surface area contributed by atoms with Crippen LogP contribution in [0.4, 0.5) is 11.4 Å². The molecule has 170 valence electrons. The molecule has 0 radical (unpaired) electrons. The minimum absolute atomic E-state index is 0.931. The molecule has 0 saturated heterocycles. The van der Waals surface area contributed by atoms with Gasteiger partial charge in [0.1, 0.15) is 0 Å². The molecule has 0 amide bonds. The lowest BCUT2D eigenvalue weighted by Crippen LogP contribution is -2.25. The van der Waals surface area contributed by atoms with Crippen LogP contribution in [0, 0.1) is 6.92 Å². The van der Waals surface area contributed by atoms with Crippen molar-refractivity contribution in [3.63, 3.8) is 0 Å². The van der Waals surface area contributed by atoms with Crippen LogP contribution in [0.3, 0.4) is 0 Å². The van der Waals surface area contributed by atoms with Crippen molar-refractivity contribution in [2.75, 3.05) is 0 Å². The van der Waals surface area contributed by atoms with Gasteiger partial charge in [0.25, 0.3) is 0 Å². The lowest BCUT2D eigenvalue weighted by molar-refractivity contribution is 1.43. The van der Waals surface area contributed by atoms with Crippen molar-refractivity contribution in [2.45, 2.75) is 6.92 Å². The SMILES string of the molecule is Cc1ccc(N=Cc2ccccc2N=P(c2ccccc2)(c2ccccc2)c2ccccc2)cc1. The summed E-state index contributed by atoms with van der Waals surface area (Å²) in [5.74, 6) is 0. The Kier molecular flexibility index (Phi) is 6.84. The van der Waals surface area contributed by atoms with Crippen molar-refractivity contribution in [2.24, 2.45) is 9.74 Å². The van der Waals surface area contributed by atoms with Crippen molar-refractivity contribution in [3.8, 4) is 0 Å². The van der Waals surface area contributed by atoms with E-state index in [0.717, 1.165) is 16.9 Å². The van der Waals surface area contributed by atoms with Crippen LogP contribution in [0.25, 0.3) is 0 Å². The molecule has 35 heavy (non-hydrogen) atoms. The molecule has 0 N–H and O–H groups in total. The molecule has 0 aliphatic carbocycles. The number of nitrogens with zero attached hydrogens (tertiary/aromatic N) is 2. The molecule has 0 aliphatic rings.